The van der Waals surface area contributed by atoms with Crippen LogP contribution in [0.4, 0.5) is 5.82 Å². The summed E-state index contributed by atoms with van der Waals surface area (Å²) in [6, 6.07) is 7.35. The van der Waals surface area contributed by atoms with Crippen LogP contribution in [0.15, 0.2) is 24.3 Å². The molecule has 6 heteroatoms. The van der Waals surface area contributed by atoms with E-state index in [9.17, 15) is 4.79 Å². The Hall–Kier alpha value is -2.58. The van der Waals surface area contributed by atoms with Crippen molar-refractivity contribution in [2.75, 3.05) is 5.32 Å². The number of anilines is 1. The number of fused-ring (bicyclic) bond motifs is 1. The minimum atomic E-state index is 0.0445. The molecule has 0 bridgehead atoms. The van der Waals surface area contributed by atoms with Crippen LogP contribution in [0.3, 0.4) is 0 Å². The van der Waals surface area contributed by atoms with Gasteiger partial charge in [0, 0.05) is 16.5 Å². The fourth-order valence-corrected chi connectivity index (χ4v) is 2.77. The number of rotatable bonds is 3. The summed E-state index contributed by atoms with van der Waals surface area (Å²) >= 11 is 6.25. The molecule has 1 aliphatic rings. The minimum Gasteiger partial charge on any atom is -0.312 e. The molecule has 21 heavy (non-hydrogen) atoms. The number of nitrogens with one attached hydrogen (secondary N) is 2. The first kappa shape index (κ1) is 13.4. The number of amides is 1. The lowest BCUT2D eigenvalue weighted by atomic mass is 9.87. The van der Waals surface area contributed by atoms with E-state index in [-0.39, 0.29) is 5.92 Å². The van der Waals surface area contributed by atoms with Gasteiger partial charge in [0.15, 0.2) is 5.82 Å². The first-order valence-corrected chi connectivity index (χ1v) is 6.76. The number of carbonyl (C=O) groups excluding carboxylic acids is 1. The molecule has 3 rings (SSSR count). The summed E-state index contributed by atoms with van der Waals surface area (Å²) in [6.07, 6.45) is 5.20. The van der Waals surface area contributed by atoms with Gasteiger partial charge in [0.25, 0.3) is 0 Å². The van der Waals surface area contributed by atoms with Crippen LogP contribution in [0, 0.1) is 11.3 Å². The molecule has 0 spiro atoms. The van der Waals surface area contributed by atoms with E-state index in [2.05, 4.69) is 21.6 Å². The monoisotopic (exact) mass is 298 g/mol. The number of nitrogens with zero attached hydrogens (tertiary/aromatic N) is 2. The first-order chi connectivity index (χ1) is 10.2. The van der Waals surface area contributed by atoms with Gasteiger partial charge in [0.05, 0.1) is 17.3 Å². The van der Waals surface area contributed by atoms with Crippen LogP contribution in [-0.4, -0.2) is 16.6 Å². The van der Waals surface area contributed by atoms with Crippen LogP contribution in [0.25, 0.3) is 6.08 Å². The van der Waals surface area contributed by atoms with Crippen LogP contribution in [-0.2, 0) is 11.2 Å². The second-order valence-corrected chi connectivity index (χ2v) is 5.15. The van der Waals surface area contributed by atoms with Crippen molar-refractivity contribution >= 4 is 29.9 Å². The number of hydrogen-bond donors (Lipinski definition) is 2. The summed E-state index contributed by atoms with van der Waals surface area (Å²) in [6.45, 7) is 0. The third-order valence-electron chi connectivity index (χ3n) is 3.54. The van der Waals surface area contributed by atoms with Crippen molar-refractivity contribution in [3.63, 3.8) is 0 Å². The molecule has 5 nitrogen and oxygen atoms in total. The SMILES string of the molecule is N#Cc1ccc(Cl)c(C2C=Cc3[nH]nc(NC=O)c3C2)c1. The number of benzene rings is 1. The zero-order valence-electron chi connectivity index (χ0n) is 10.9. The number of aromatic nitrogens is 2. The van der Waals surface area contributed by atoms with Crippen molar-refractivity contribution in [3.05, 3.63) is 51.7 Å². The number of allylic oxidation sites excluding steroid dienone is 1. The smallest absolute Gasteiger partial charge is 0.212 e. The van der Waals surface area contributed by atoms with E-state index >= 15 is 0 Å². The van der Waals surface area contributed by atoms with Crippen molar-refractivity contribution in [2.45, 2.75) is 12.3 Å². The fourth-order valence-electron chi connectivity index (χ4n) is 2.51. The highest BCUT2D eigenvalue weighted by molar-refractivity contribution is 6.31. The Kier molecular flexibility index (Phi) is 3.46. The molecule has 2 aromatic rings. The van der Waals surface area contributed by atoms with E-state index in [4.69, 9.17) is 16.9 Å². The van der Waals surface area contributed by atoms with Crippen LogP contribution in [0.5, 0.6) is 0 Å². The summed E-state index contributed by atoms with van der Waals surface area (Å²) in [5.74, 6) is 0.574. The molecule has 1 aromatic carbocycles. The zero-order chi connectivity index (χ0) is 14.8. The third-order valence-corrected chi connectivity index (χ3v) is 3.88. The molecule has 0 saturated heterocycles. The quantitative estimate of drug-likeness (QED) is 0.855. The molecule has 1 aliphatic carbocycles. The Labute approximate surface area is 126 Å². The number of nitriles is 1. The van der Waals surface area contributed by atoms with Gasteiger partial charge in [0.1, 0.15) is 0 Å². The molecule has 1 amide bonds. The molecular formula is C15H11ClN4O. The fraction of sp³-hybridized carbons (Fsp3) is 0.133. The highest BCUT2D eigenvalue weighted by Gasteiger charge is 2.22. The Morgan fingerprint density at radius 1 is 1.52 bits per heavy atom. The highest BCUT2D eigenvalue weighted by Crippen LogP contribution is 2.35. The average molecular weight is 299 g/mol. The van der Waals surface area contributed by atoms with Crippen molar-refractivity contribution in [2.24, 2.45) is 0 Å². The Morgan fingerprint density at radius 3 is 3.14 bits per heavy atom. The van der Waals surface area contributed by atoms with Crippen molar-refractivity contribution < 1.29 is 4.79 Å². The summed E-state index contributed by atoms with van der Waals surface area (Å²) in [7, 11) is 0. The van der Waals surface area contributed by atoms with E-state index in [0.29, 0.717) is 29.2 Å². The second-order valence-electron chi connectivity index (χ2n) is 4.74. The molecule has 1 atom stereocenters. The topological polar surface area (TPSA) is 81.6 Å². The summed E-state index contributed by atoms with van der Waals surface area (Å²) in [4.78, 5) is 10.6. The molecule has 0 radical (unpaired) electrons. The number of carbonyl (C=O) groups is 1. The Morgan fingerprint density at radius 2 is 2.38 bits per heavy atom. The van der Waals surface area contributed by atoms with Gasteiger partial charge in [-0.15, -0.1) is 0 Å². The maximum atomic E-state index is 10.6. The molecular weight excluding hydrogens is 288 g/mol. The van der Waals surface area contributed by atoms with Gasteiger partial charge < -0.3 is 5.32 Å². The maximum absolute atomic E-state index is 10.6. The van der Waals surface area contributed by atoms with Crippen LogP contribution < -0.4 is 5.32 Å². The highest BCUT2D eigenvalue weighted by atomic mass is 35.5. The second kappa shape index (κ2) is 5.43. The largest absolute Gasteiger partial charge is 0.312 e. The molecule has 1 heterocycles. The van der Waals surface area contributed by atoms with Crippen LogP contribution in [0.2, 0.25) is 5.02 Å². The van der Waals surface area contributed by atoms with Gasteiger partial charge >= 0.3 is 0 Å². The predicted molar refractivity (Wildman–Crippen MR) is 79.9 cm³/mol. The summed E-state index contributed by atoms with van der Waals surface area (Å²) in [5.41, 5.74) is 3.29. The minimum absolute atomic E-state index is 0.0445. The van der Waals surface area contributed by atoms with E-state index in [1.807, 2.05) is 12.2 Å². The third kappa shape index (κ3) is 2.41. The van der Waals surface area contributed by atoms with Crippen LogP contribution >= 0.6 is 11.6 Å². The lowest BCUT2D eigenvalue weighted by Crippen LogP contribution is -2.08. The molecule has 0 saturated carbocycles. The number of hydrogen-bond acceptors (Lipinski definition) is 3. The average Bonchev–Trinajstić information content (AvgIpc) is 2.91. The van der Waals surface area contributed by atoms with E-state index in [0.717, 1.165) is 16.8 Å². The Balaban J connectivity index is 1.98. The lowest BCUT2D eigenvalue weighted by molar-refractivity contribution is -0.105. The first-order valence-electron chi connectivity index (χ1n) is 6.38. The van der Waals surface area contributed by atoms with Crippen molar-refractivity contribution in [3.8, 4) is 6.07 Å². The summed E-state index contributed by atoms with van der Waals surface area (Å²) in [5, 5.41) is 19.2. The molecule has 1 aromatic heterocycles. The number of aromatic amines is 1. The van der Waals surface area contributed by atoms with Crippen molar-refractivity contribution in [1.82, 2.24) is 10.2 Å². The molecule has 2 N–H and O–H groups in total. The van der Waals surface area contributed by atoms with Gasteiger partial charge in [-0.2, -0.15) is 10.4 Å². The van der Waals surface area contributed by atoms with Crippen molar-refractivity contribution in [1.29, 1.82) is 5.26 Å². The molecule has 0 fully saturated rings. The zero-order valence-corrected chi connectivity index (χ0v) is 11.7. The predicted octanol–water partition coefficient (Wildman–Crippen LogP) is 2.86. The van der Waals surface area contributed by atoms with Crippen LogP contribution in [0.1, 0.15) is 28.3 Å². The summed E-state index contributed by atoms with van der Waals surface area (Å²) < 4.78 is 0. The van der Waals surface area contributed by atoms with Gasteiger partial charge in [-0.25, -0.2) is 0 Å². The van der Waals surface area contributed by atoms with Gasteiger partial charge in [-0.1, -0.05) is 17.7 Å². The van der Waals surface area contributed by atoms with Gasteiger partial charge in [0.2, 0.25) is 6.41 Å². The van der Waals surface area contributed by atoms with Gasteiger partial charge in [-0.05, 0) is 36.3 Å². The number of H-pyrrole nitrogens is 1. The Bertz CT molecular complexity index is 772. The molecule has 0 aliphatic heterocycles. The lowest BCUT2D eigenvalue weighted by Gasteiger charge is -2.19. The van der Waals surface area contributed by atoms with E-state index in [1.165, 1.54) is 0 Å². The van der Waals surface area contributed by atoms with E-state index < -0.39 is 0 Å². The molecule has 1 unspecified atom stereocenters. The van der Waals surface area contributed by atoms with Gasteiger partial charge in [-0.3, -0.25) is 9.89 Å². The number of halogens is 1. The molecule has 104 valence electrons. The van der Waals surface area contributed by atoms with E-state index in [1.54, 1.807) is 18.2 Å². The standard InChI is InChI=1S/C15H11ClN4O/c16-13-3-1-9(7-17)5-11(13)10-2-4-14-12(6-10)15(18-8-21)20-19-14/h1-5,8,10H,6H2,(H2,18,19,20,21). The normalized spacial score (nSPS) is 16.1. The maximum Gasteiger partial charge on any atom is 0.212 e.